The van der Waals surface area contributed by atoms with Gasteiger partial charge < -0.3 is 4.74 Å². The van der Waals surface area contributed by atoms with Gasteiger partial charge in [-0.3, -0.25) is 0 Å². The van der Waals surface area contributed by atoms with E-state index in [2.05, 4.69) is 206 Å². The molecule has 1 aliphatic heterocycles. The van der Waals surface area contributed by atoms with Gasteiger partial charge in [0.1, 0.15) is 11.5 Å². The highest BCUT2D eigenvalue weighted by Gasteiger charge is 2.54. The van der Waals surface area contributed by atoms with Crippen LogP contribution < -0.4 is 4.74 Å². The summed E-state index contributed by atoms with van der Waals surface area (Å²) in [6.45, 7) is 0. The summed E-state index contributed by atoms with van der Waals surface area (Å²) in [6, 6.07) is 77.3. The van der Waals surface area contributed by atoms with E-state index in [-0.39, 0.29) is 0 Å². The van der Waals surface area contributed by atoms with Crippen LogP contribution in [0.5, 0.6) is 11.5 Å². The van der Waals surface area contributed by atoms with Gasteiger partial charge in [-0.1, -0.05) is 176 Å². The van der Waals surface area contributed by atoms with Crippen LogP contribution in [-0.2, 0) is 10.8 Å². The van der Waals surface area contributed by atoms with Gasteiger partial charge in [-0.15, -0.1) is 0 Å². The Hall–Kier alpha value is -7.48. The molecule has 0 amide bonds. The molecule has 272 valence electrons. The van der Waals surface area contributed by atoms with Crippen LogP contribution in [0.25, 0.3) is 66.1 Å². The van der Waals surface area contributed by atoms with E-state index in [4.69, 9.17) is 4.74 Å². The number of hydrogen-bond acceptors (Lipinski definition) is 1. The second-order valence-electron chi connectivity index (χ2n) is 16.6. The highest BCUT2D eigenvalue weighted by atomic mass is 16.5. The van der Waals surface area contributed by atoms with E-state index in [1.807, 2.05) is 0 Å². The molecule has 1 heteroatoms. The predicted octanol–water partition coefficient (Wildman–Crippen LogP) is 14.5. The molecule has 4 aliphatic rings. The Labute approximate surface area is 342 Å². The van der Waals surface area contributed by atoms with Crippen molar-refractivity contribution < 1.29 is 4.74 Å². The van der Waals surface area contributed by atoms with Crippen molar-refractivity contribution in [2.24, 2.45) is 0 Å². The molecule has 59 heavy (non-hydrogen) atoms. The molecule has 0 aromatic heterocycles. The van der Waals surface area contributed by atoms with Crippen molar-refractivity contribution in [3.05, 3.63) is 251 Å². The minimum Gasteiger partial charge on any atom is -0.457 e. The van der Waals surface area contributed by atoms with Gasteiger partial charge in [0.15, 0.2) is 0 Å². The average molecular weight is 747 g/mol. The molecule has 1 unspecified atom stereocenters. The first-order valence-electron chi connectivity index (χ1n) is 20.7. The minimum absolute atomic E-state index is 0.502. The van der Waals surface area contributed by atoms with E-state index < -0.39 is 10.8 Å². The molecule has 0 bridgehead atoms. The Bertz CT molecular complexity index is 3450. The quantitative estimate of drug-likeness (QED) is 0.163. The van der Waals surface area contributed by atoms with Crippen molar-refractivity contribution in [2.45, 2.75) is 10.8 Å². The van der Waals surface area contributed by atoms with Gasteiger partial charge in [0, 0.05) is 11.1 Å². The largest absolute Gasteiger partial charge is 0.457 e. The summed E-state index contributed by atoms with van der Waals surface area (Å²) in [7, 11) is 0. The maximum atomic E-state index is 7.06. The average Bonchev–Trinajstić information content (AvgIpc) is 3.88. The molecule has 10 aromatic rings. The standard InChI is InChI=1S/C58H34O/c1-2-16-37-33-51-46(32-36(37)15-1)44-21-8-12-27-50(44)57(51)49-26-11-7-20-43(49)45-23-13-22-40(55(45)57)38-29-30-53-52(34-38)58(56-39-17-4-3-14-35(39)28-31-54(56)59-53)47-24-9-5-18-41(47)42-19-6-10-25-48(42)58/h1-34H. The highest BCUT2D eigenvalue weighted by Crippen LogP contribution is 2.67. The van der Waals surface area contributed by atoms with Crippen LogP contribution in [0.3, 0.4) is 0 Å². The maximum absolute atomic E-state index is 7.06. The highest BCUT2D eigenvalue weighted by molar-refractivity contribution is 6.03. The summed E-state index contributed by atoms with van der Waals surface area (Å²) in [5.74, 6) is 1.81. The molecular weight excluding hydrogens is 713 g/mol. The van der Waals surface area contributed by atoms with Crippen LogP contribution in [0.2, 0.25) is 0 Å². The molecule has 2 spiro atoms. The zero-order valence-corrected chi connectivity index (χ0v) is 32.0. The van der Waals surface area contributed by atoms with E-state index >= 15 is 0 Å². The van der Waals surface area contributed by atoms with Gasteiger partial charge in [-0.2, -0.15) is 0 Å². The Morgan fingerprint density at radius 3 is 1.44 bits per heavy atom. The zero-order valence-electron chi connectivity index (χ0n) is 32.0. The monoisotopic (exact) mass is 746 g/mol. The van der Waals surface area contributed by atoms with Crippen LogP contribution in [0, 0.1) is 0 Å². The first-order chi connectivity index (χ1) is 29.3. The topological polar surface area (TPSA) is 9.23 Å². The Balaban J connectivity index is 1.11. The number of hydrogen-bond donors (Lipinski definition) is 0. The van der Waals surface area contributed by atoms with Gasteiger partial charge in [-0.25, -0.2) is 0 Å². The number of fused-ring (bicyclic) bond motifs is 22. The van der Waals surface area contributed by atoms with E-state index in [0.29, 0.717) is 0 Å². The fourth-order valence-electron chi connectivity index (χ4n) is 12.0. The number of ether oxygens (including phenoxy) is 1. The van der Waals surface area contributed by atoms with Gasteiger partial charge in [0.25, 0.3) is 0 Å². The third-order valence-electron chi connectivity index (χ3n) is 14.1. The summed E-state index contributed by atoms with van der Waals surface area (Å²) in [4.78, 5) is 0. The lowest BCUT2D eigenvalue weighted by Gasteiger charge is -2.40. The van der Waals surface area contributed by atoms with E-state index in [1.165, 1.54) is 111 Å². The summed E-state index contributed by atoms with van der Waals surface area (Å²) in [5, 5.41) is 4.96. The third kappa shape index (κ3) is 3.73. The van der Waals surface area contributed by atoms with Crippen molar-refractivity contribution in [3.8, 4) is 56.0 Å². The van der Waals surface area contributed by atoms with Gasteiger partial charge in [-0.05, 0) is 130 Å². The summed E-state index contributed by atoms with van der Waals surface area (Å²) < 4.78 is 7.06. The lowest BCUT2D eigenvalue weighted by atomic mass is 9.64. The van der Waals surface area contributed by atoms with E-state index in [9.17, 15) is 0 Å². The Kier molecular flexibility index (Phi) is 5.96. The molecular formula is C58H34O. The first kappa shape index (κ1) is 31.6. The molecule has 0 fully saturated rings. The normalized spacial score (nSPS) is 16.5. The molecule has 1 atom stereocenters. The van der Waals surface area contributed by atoms with Crippen molar-refractivity contribution in [2.75, 3.05) is 0 Å². The smallest absolute Gasteiger partial charge is 0.132 e. The lowest BCUT2D eigenvalue weighted by Crippen LogP contribution is -2.32. The van der Waals surface area contributed by atoms with E-state index in [1.54, 1.807) is 0 Å². The van der Waals surface area contributed by atoms with Gasteiger partial charge in [0.2, 0.25) is 0 Å². The predicted molar refractivity (Wildman–Crippen MR) is 241 cm³/mol. The molecule has 14 rings (SSSR count). The second kappa shape index (κ2) is 11.1. The van der Waals surface area contributed by atoms with Crippen LogP contribution in [0.4, 0.5) is 0 Å². The summed E-state index contributed by atoms with van der Waals surface area (Å²) >= 11 is 0. The van der Waals surface area contributed by atoms with Crippen molar-refractivity contribution in [3.63, 3.8) is 0 Å². The van der Waals surface area contributed by atoms with Crippen molar-refractivity contribution >= 4 is 21.5 Å². The minimum atomic E-state index is -0.600. The molecule has 0 N–H and O–H groups in total. The maximum Gasteiger partial charge on any atom is 0.132 e. The molecule has 0 saturated carbocycles. The summed E-state index contributed by atoms with van der Waals surface area (Å²) in [5.41, 5.74) is 19.5. The van der Waals surface area contributed by atoms with Gasteiger partial charge >= 0.3 is 0 Å². The molecule has 3 aliphatic carbocycles. The van der Waals surface area contributed by atoms with Crippen LogP contribution in [0.15, 0.2) is 206 Å². The summed E-state index contributed by atoms with van der Waals surface area (Å²) in [6.07, 6.45) is 0. The van der Waals surface area contributed by atoms with Crippen molar-refractivity contribution in [1.82, 2.24) is 0 Å². The lowest BCUT2D eigenvalue weighted by molar-refractivity contribution is 0.438. The SMILES string of the molecule is c1ccc2c(c1)-c1cc3ccccc3cc1C21c2ccccc2-c2cccc(-c3ccc4c(c3)C3(c5ccccc5-c5ccccc53)c3c(ccc5ccccc35)O4)c21. The zero-order chi connectivity index (χ0) is 38.5. The first-order valence-corrected chi connectivity index (χ1v) is 20.7. The molecule has 1 nitrogen and oxygen atoms in total. The molecule has 10 aromatic carbocycles. The van der Waals surface area contributed by atoms with Crippen LogP contribution in [0.1, 0.15) is 44.5 Å². The Morgan fingerprint density at radius 1 is 0.271 bits per heavy atom. The van der Waals surface area contributed by atoms with Crippen LogP contribution >= 0.6 is 0 Å². The number of rotatable bonds is 1. The fraction of sp³-hybridized carbons (Fsp3) is 0.0345. The molecule has 0 radical (unpaired) electrons. The second-order valence-corrected chi connectivity index (χ2v) is 16.6. The third-order valence-corrected chi connectivity index (χ3v) is 14.1. The van der Waals surface area contributed by atoms with E-state index in [0.717, 1.165) is 11.5 Å². The number of benzene rings is 10. The fourth-order valence-corrected chi connectivity index (χ4v) is 12.0. The molecule has 0 saturated heterocycles. The van der Waals surface area contributed by atoms with Crippen molar-refractivity contribution in [1.29, 1.82) is 0 Å². The van der Waals surface area contributed by atoms with Crippen LogP contribution in [-0.4, -0.2) is 0 Å². The molecule has 1 heterocycles. The van der Waals surface area contributed by atoms with Gasteiger partial charge in [0.05, 0.1) is 10.8 Å². The Morgan fingerprint density at radius 2 is 0.763 bits per heavy atom.